The van der Waals surface area contributed by atoms with Crippen molar-refractivity contribution in [3.63, 3.8) is 0 Å². The third-order valence-corrected chi connectivity index (χ3v) is 25.4. The molecule has 0 aromatic heterocycles. The van der Waals surface area contributed by atoms with Gasteiger partial charge < -0.3 is 0 Å². The fraction of sp³-hybridized carbons (Fsp3) is 0. The maximum Gasteiger partial charge on any atom is -0.00201 e. The number of rotatable bonds is 12. The van der Waals surface area contributed by atoms with E-state index in [1.807, 2.05) is 0 Å². The van der Waals surface area contributed by atoms with Crippen LogP contribution in [0.25, 0.3) is 230 Å². The summed E-state index contributed by atoms with van der Waals surface area (Å²) >= 11 is 0. The Kier molecular flexibility index (Phi) is 20.2. The second-order valence-electron chi connectivity index (χ2n) is 32.7. The van der Waals surface area contributed by atoms with Crippen molar-refractivity contribution in [2.75, 3.05) is 0 Å². The van der Waals surface area contributed by atoms with E-state index in [4.69, 9.17) is 0 Å². The number of fused-ring (bicyclic) bond motifs is 9. The molecule has 0 spiro atoms. The Morgan fingerprint density at radius 3 is 0.714 bits per heavy atom. The van der Waals surface area contributed by atoms with Gasteiger partial charge in [0.2, 0.25) is 0 Å². The predicted octanol–water partition coefficient (Wildman–Crippen LogP) is 35.4. The maximum atomic E-state index is 2.39. The lowest BCUT2D eigenvalue weighted by molar-refractivity contribution is 1.62. The Morgan fingerprint density at radius 1 is 0.0794 bits per heavy atom. The summed E-state index contributed by atoms with van der Waals surface area (Å²) in [6.45, 7) is 0. The largest absolute Gasteiger partial charge is 0.0622 e. The molecule has 24 aromatic carbocycles. The van der Waals surface area contributed by atoms with Crippen molar-refractivity contribution < 1.29 is 0 Å². The number of hydrogen-bond donors (Lipinski definition) is 0. The molecule has 0 fully saturated rings. The SMILES string of the molecule is c1ccc(-c2ccc3c(-c4ccc(-c5ccc6ccccc6c5)cc4)c4ccccc4c(-c4ccccc4)c3c2)cc1.c1ccc(-c2ccc3c(-c4ccc(-c5cccc6ccccc56)cc4)c4ccccc4c(-c4ccccc4)c3c2)cc1.c1ccc(-c2ccc3c(-c4ccc(-c5ccccc5)c5ccccc45)c4ccccc4c(-c4ccccc4)c3c2)cc1. The van der Waals surface area contributed by atoms with E-state index in [0.717, 1.165) is 0 Å². The van der Waals surface area contributed by atoms with Gasteiger partial charge in [0.05, 0.1) is 0 Å². The minimum atomic E-state index is 1.23. The molecule has 0 aliphatic rings. The predicted molar refractivity (Wildman–Crippen MR) is 542 cm³/mol. The standard InChI is InChI=1S/3C42H28/c1-4-14-29(15-5-1)32-24-25-39-40(28-32)41(31-18-8-3-9-19-31)36-22-12-13-23-37(36)42(39)38-27-26-33(30-16-6-2-7-17-30)34-20-10-11-21-35(34)38;1-3-12-29(13-4-1)34-26-27-39-40(28-34)42(32-15-5-2-6-16-32)38-20-10-9-19-37(38)41(39)33-24-22-31(23-25-33)36-21-11-17-30-14-7-8-18-35(30)36;1-3-11-29(12-4-1)36-25-26-39-40(28-36)42(32-14-5-2-6-15-32)38-18-10-9-17-37(38)41(39)33-22-19-31(20-23-33)35-24-21-30-13-7-8-16-34(30)27-35/h3*1-28H. The van der Waals surface area contributed by atoms with E-state index in [0.29, 0.717) is 0 Å². The van der Waals surface area contributed by atoms with E-state index < -0.39 is 0 Å². The van der Waals surface area contributed by atoms with Crippen molar-refractivity contribution in [2.45, 2.75) is 0 Å². The molecule has 0 N–H and O–H groups in total. The van der Waals surface area contributed by atoms with E-state index in [1.165, 1.54) is 230 Å². The monoisotopic (exact) mass is 1600 g/mol. The van der Waals surface area contributed by atoms with Crippen LogP contribution in [-0.2, 0) is 0 Å². The zero-order chi connectivity index (χ0) is 83.6. The molecule has 0 saturated heterocycles. The zero-order valence-corrected chi connectivity index (χ0v) is 69.5. The molecule has 588 valence electrons. The van der Waals surface area contributed by atoms with Crippen LogP contribution in [0.15, 0.2) is 510 Å². The van der Waals surface area contributed by atoms with Crippen molar-refractivity contribution in [1.29, 1.82) is 0 Å². The Bertz CT molecular complexity index is 8160. The van der Waals surface area contributed by atoms with Crippen LogP contribution in [0, 0.1) is 0 Å². The fourth-order valence-electron chi connectivity index (χ4n) is 19.5. The molecule has 0 saturated carbocycles. The number of hydrogen-bond acceptors (Lipinski definition) is 0. The minimum Gasteiger partial charge on any atom is -0.0622 e. The molecule has 0 aliphatic carbocycles. The summed E-state index contributed by atoms with van der Waals surface area (Å²) in [5.74, 6) is 0. The van der Waals surface area contributed by atoms with Crippen LogP contribution < -0.4 is 0 Å². The lowest BCUT2D eigenvalue weighted by Gasteiger charge is -2.20. The van der Waals surface area contributed by atoms with Crippen molar-refractivity contribution in [1.82, 2.24) is 0 Å². The second-order valence-corrected chi connectivity index (χ2v) is 32.7. The summed E-state index contributed by atoms with van der Waals surface area (Å²) in [5, 5.41) is 22.9. The molecule has 0 aliphatic heterocycles. The summed E-state index contributed by atoms with van der Waals surface area (Å²) in [5.41, 5.74) is 30.0. The van der Waals surface area contributed by atoms with Crippen molar-refractivity contribution in [3.05, 3.63) is 510 Å². The third kappa shape index (κ3) is 14.3. The van der Waals surface area contributed by atoms with Crippen LogP contribution in [0.1, 0.15) is 0 Å². The molecule has 0 heteroatoms. The molecule has 0 amide bonds. The highest BCUT2D eigenvalue weighted by Gasteiger charge is 2.24. The highest BCUT2D eigenvalue weighted by Crippen LogP contribution is 2.51. The van der Waals surface area contributed by atoms with Gasteiger partial charge in [0, 0.05) is 0 Å². The second kappa shape index (κ2) is 33.6. The van der Waals surface area contributed by atoms with Gasteiger partial charge in [0.25, 0.3) is 0 Å². The quantitative estimate of drug-likeness (QED) is 0.107. The Hall–Kier alpha value is -16.4. The van der Waals surface area contributed by atoms with Gasteiger partial charge in [-0.2, -0.15) is 0 Å². The maximum absolute atomic E-state index is 2.39. The van der Waals surface area contributed by atoms with Crippen LogP contribution in [0.3, 0.4) is 0 Å². The third-order valence-electron chi connectivity index (χ3n) is 25.4. The van der Waals surface area contributed by atoms with E-state index in [9.17, 15) is 0 Å². The Morgan fingerprint density at radius 2 is 0.302 bits per heavy atom. The zero-order valence-electron chi connectivity index (χ0n) is 69.5. The summed E-state index contributed by atoms with van der Waals surface area (Å²) in [6, 6.07) is 185. The van der Waals surface area contributed by atoms with Gasteiger partial charge in [-0.05, 0) is 255 Å². The first-order chi connectivity index (χ1) is 62.5. The highest BCUT2D eigenvalue weighted by molar-refractivity contribution is 6.27. The highest BCUT2D eigenvalue weighted by atomic mass is 14.3. The van der Waals surface area contributed by atoms with Crippen LogP contribution in [0.5, 0.6) is 0 Å². The topological polar surface area (TPSA) is 0 Å². The van der Waals surface area contributed by atoms with Gasteiger partial charge in [-0.15, -0.1) is 0 Å². The average Bonchev–Trinajstić information content (AvgIpc) is 0.737. The van der Waals surface area contributed by atoms with Gasteiger partial charge in [-0.1, -0.05) is 485 Å². The van der Waals surface area contributed by atoms with Crippen LogP contribution in [0.2, 0.25) is 0 Å². The van der Waals surface area contributed by atoms with E-state index >= 15 is 0 Å². The smallest absolute Gasteiger partial charge is 0.00201 e. The molecule has 0 bridgehead atoms. The molecule has 0 radical (unpaired) electrons. The van der Waals surface area contributed by atoms with E-state index in [-0.39, 0.29) is 0 Å². The van der Waals surface area contributed by atoms with Gasteiger partial charge in [-0.25, -0.2) is 0 Å². The van der Waals surface area contributed by atoms with Crippen molar-refractivity contribution in [3.8, 4) is 134 Å². The molecule has 0 unspecified atom stereocenters. The van der Waals surface area contributed by atoms with Crippen molar-refractivity contribution in [2.24, 2.45) is 0 Å². The first kappa shape index (κ1) is 75.8. The molecular weight excluding hydrogens is 1510 g/mol. The summed E-state index contributed by atoms with van der Waals surface area (Å²) in [6.07, 6.45) is 0. The van der Waals surface area contributed by atoms with Crippen LogP contribution in [-0.4, -0.2) is 0 Å². The van der Waals surface area contributed by atoms with Crippen molar-refractivity contribution >= 4 is 97.0 Å². The fourth-order valence-corrected chi connectivity index (χ4v) is 19.5. The average molecular weight is 1600 g/mol. The molecule has 0 heterocycles. The molecule has 24 aromatic rings. The Balaban J connectivity index is 0.000000112. The number of benzene rings is 24. The van der Waals surface area contributed by atoms with Gasteiger partial charge in [0.15, 0.2) is 0 Å². The summed E-state index contributed by atoms with van der Waals surface area (Å²) in [4.78, 5) is 0. The van der Waals surface area contributed by atoms with Gasteiger partial charge in [0.1, 0.15) is 0 Å². The first-order valence-corrected chi connectivity index (χ1v) is 43.6. The van der Waals surface area contributed by atoms with E-state index in [2.05, 4.69) is 510 Å². The Labute approximate surface area is 734 Å². The molecule has 0 atom stereocenters. The molecule has 126 heavy (non-hydrogen) atoms. The molecule has 24 rings (SSSR count). The van der Waals surface area contributed by atoms with E-state index in [1.54, 1.807) is 0 Å². The lowest BCUT2D eigenvalue weighted by Crippen LogP contribution is -1.93. The van der Waals surface area contributed by atoms with Crippen LogP contribution >= 0.6 is 0 Å². The summed E-state index contributed by atoms with van der Waals surface area (Å²) < 4.78 is 0. The molecular formula is C126H84. The van der Waals surface area contributed by atoms with Gasteiger partial charge >= 0.3 is 0 Å². The normalized spacial score (nSPS) is 11.3. The first-order valence-electron chi connectivity index (χ1n) is 43.6. The van der Waals surface area contributed by atoms with Crippen LogP contribution in [0.4, 0.5) is 0 Å². The summed E-state index contributed by atoms with van der Waals surface area (Å²) in [7, 11) is 0. The molecule has 0 nitrogen and oxygen atoms in total. The lowest BCUT2D eigenvalue weighted by atomic mass is 9.83. The van der Waals surface area contributed by atoms with Gasteiger partial charge in [-0.3, -0.25) is 0 Å². The minimum absolute atomic E-state index is 1.23.